The van der Waals surface area contributed by atoms with Gasteiger partial charge in [-0.2, -0.15) is 0 Å². The van der Waals surface area contributed by atoms with Gasteiger partial charge in [0.1, 0.15) is 0 Å². The molecule has 0 radical (unpaired) electrons. The molecule has 0 bridgehead atoms. The van der Waals surface area contributed by atoms with Crippen LogP contribution in [0.3, 0.4) is 0 Å². The van der Waals surface area contributed by atoms with E-state index in [1.165, 1.54) is 44.2 Å². The van der Waals surface area contributed by atoms with Crippen molar-refractivity contribution in [1.29, 1.82) is 0 Å². The Hall–Kier alpha value is -4.96. The van der Waals surface area contributed by atoms with E-state index < -0.39 is 17.5 Å². The monoisotopic (exact) mass is 599 g/mol. The van der Waals surface area contributed by atoms with Gasteiger partial charge in [0, 0.05) is 27.6 Å². The lowest BCUT2D eigenvalue weighted by molar-refractivity contribution is -0.0887. The van der Waals surface area contributed by atoms with Gasteiger partial charge in [0.05, 0.1) is 22.2 Å². The van der Waals surface area contributed by atoms with Crippen molar-refractivity contribution < 1.29 is 9.47 Å². The van der Waals surface area contributed by atoms with Crippen molar-refractivity contribution in [3.05, 3.63) is 151 Å². The largest absolute Gasteiger partial charge is 0.339 e. The minimum Gasteiger partial charge on any atom is -0.339 e. The summed E-state index contributed by atoms with van der Waals surface area (Å²) in [5.41, 5.74) is 10.6. The van der Waals surface area contributed by atoms with E-state index in [0.717, 1.165) is 22.3 Å². The first-order chi connectivity index (χ1) is 22.3. The molecule has 0 saturated carbocycles. The smallest absolute Gasteiger partial charge is 0.187 e. The summed E-state index contributed by atoms with van der Waals surface area (Å²) in [6.07, 6.45) is -0.505. The number of benzene rings is 6. The molecule has 1 saturated heterocycles. The number of nitrogens with zero attached hydrogens (tertiary/aromatic N) is 1. The highest BCUT2D eigenvalue weighted by atomic mass is 16.7. The maximum absolute atomic E-state index is 6.69. The Morgan fingerprint density at radius 3 is 1.57 bits per heavy atom. The lowest BCUT2D eigenvalue weighted by Gasteiger charge is -2.30. The molecule has 46 heavy (non-hydrogen) atoms. The Bertz CT molecular complexity index is 2160. The van der Waals surface area contributed by atoms with Gasteiger partial charge in [-0.3, -0.25) is 0 Å². The van der Waals surface area contributed by atoms with Gasteiger partial charge in [0.25, 0.3) is 0 Å². The predicted molar refractivity (Wildman–Crippen MR) is 190 cm³/mol. The summed E-state index contributed by atoms with van der Waals surface area (Å²) < 4.78 is 15.8. The number of ether oxygens (including phenoxy) is 2. The zero-order chi connectivity index (χ0) is 31.5. The highest BCUT2D eigenvalue weighted by Gasteiger charge is 2.50. The van der Waals surface area contributed by atoms with E-state index in [2.05, 4.69) is 178 Å². The molecule has 1 aliphatic rings. The van der Waals surface area contributed by atoms with Crippen molar-refractivity contribution in [2.24, 2.45) is 0 Å². The molecule has 6 aromatic carbocycles. The third-order valence-electron chi connectivity index (χ3n) is 9.85. The first-order valence-electron chi connectivity index (χ1n) is 16.0. The van der Waals surface area contributed by atoms with Crippen LogP contribution >= 0.6 is 0 Å². The lowest BCUT2D eigenvalue weighted by Crippen LogP contribution is -2.41. The Labute approximate surface area is 270 Å². The molecule has 1 aromatic heterocycles. The van der Waals surface area contributed by atoms with Crippen LogP contribution in [0.25, 0.3) is 60.9 Å². The molecule has 3 nitrogen and oxygen atoms in total. The Morgan fingerprint density at radius 1 is 0.457 bits per heavy atom. The maximum atomic E-state index is 6.69. The zero-order valence-corrected chi connectivity index (χ0v) is 26.7. The van der Waals surface area contributed by atoms with Crippen LogP contribution in [0.5, 0.6) is 0 Å². The van der Waals surface area contributed by atoms with E-state index >= 15 is 0 Å². The summed E-state index contributed by atoms with van der Waals surface area (Å²) in [6.45, 7) is 8.46. The molecule has 0 amide bonds. The average Bonchev–Trinajstić information content (AvgIpc) is 3.54. The molecule has 3 heteroatoms. The second-order valence-corrected chi connectivity index (χ2v) is 13.2. The molecule has 0 aliphatic carbocycles. The number of aromatic nitrogens is 1. The highest BCUT2D eigenvalue weighted by Crippen LogP contribution is 2.49. The van der Waals surface area contributed by atoms with E-state index in [4.69, 9.17) is 9.47 Å². The molecular weight excluding hydrogens is 562 g/mol. The quantitative estimate of drug-likeness (QED) is 0.196. The second-order valence-electron chi connectivity index (χ2n) is 13.2. The van der Waals surface area contributed by atoms with Gasteiger partial charge in [-0.25, -0.2) is 0 Å². The summed E-state index contributed by atoms with van der Waals surface area (Å²) in [5.74, 6) is 0. The van der Waals surface area contributed by atoms with Crippen molar-refractivity contribution in [3.63, 3.8) is 0 Å². The zero-order valence-electron chi connectivity index (χ0n) is 26.7. The molecular formula is C43H37NO2. The van der Waals surface area contributed by atoms with Gasteiger partial charge in [-0.15, -0.1) is 0 Å². The van der Waals surface area contributed by atoms with Crippen molar-refractivity contribution in [3.8, 4) is 39.1 Å². The molecule has 0 spiro atoms. The highest BCUT2D eigenvalue weighted by molar-refractivity contribution is 6.16. The van der Waals surface area contributed by atoms with Crippen LogP contribution in [0, 0.1) is 0 Å². The van der Waals surface area contributed by atoms with Crippen molar-refractivity contribution >= 4 is 21.8 Å². The van der Waals surface area contributed by atoms with Gasteiger partial charge in [-0.05, 0) is 79.8 Å². The molecule has 1 fully saturated rings. The first kappa shape index (κ1) is 28.5. The van der Waals surface area contributed by atoms with E-state index in [0.29, 0.717) is 0 Å². The van der Waals surface area contributed by atoms with Crippen LogP contribution in [-0.4, -0.2) is 15.8 Å². The Morgan fingerprint density at radius 2 is 0.978 bits per heavy atom. The van der Waals surface area contributed by atoms with Gasteiger partial charge in [0.2, 0.25) is 0 Å². The fourth-order valence-electron chi connectivity index (χ4n) is 6.71. The summed E-state index contributed by atoms with van der Waals surface area (Å²) in [7, 11) is 0. The number of hydrogen-bond acceptors (Lipinski definition) is 2. The number of rotatable bonds is 5. The van der Waals surface area contributed by atoms with Gasteiger partial charge >= 0.3 is 0 Å². The predicted octanol–water partition coefficient (Wildman–Crippen LogP) is 11.4. The first-order valence-corrected chi connectivity index (χ1v) is 16.0. The molecule has 2 heterocycles. The molecule has 0 N–H and O–H groups in total. The Kier molecular flexibility index (Phi) is 6.72. The van der Waals surface area contributed by atoms with E-state index in [-0.39, 0.29) is 0 Å². The summed E-state index contributed by atoms with van der Waals surface area (Å²) >= 11 is 0. The molecule has 1 aliphatic heterocycles. The van der Waals surface area contributed by atoms with Crippen molar-refractivity contribution in [2.75, 3.05) is 0 Å². The molecule has 226 valence electrons. The summed E-state index contributed by atoms with van der Waals surface area (Å²) in [5, 5.41) is 2.37. The van der Waals surface area contributed by atoms with Gasteiger partial charge in [-0.1, -0.05) is 121 Å². The fraction of sp³-hybridized carbons (Fsp3) is 0.163. The molecule has 0 atom stereocenters. The van der Waals surface area contributed by atoms with Crippen LogP contribution in [0.15, 0.2) is 146 Å². The maximum Gasteiger partial charge on any atom is 0.187 e. The molecule has 8 rings (SSSR count). The molecule has 7 aromatic rings. The second kappa shape index (κ2) is 10.8. The number of hydrogen-bond donors (Lipinski definition) is 0. The summed E-state index contributed by atoms with van der Waals surface area (Å²) in [4.78, 5) is 0. The van der Waals surface area contributed by atoms with Crippen LogP contribution in [0.2, 0.25) is 0 Å². The van der Waals surface area contributed by atoms with Crippen LogP contribution in [0.1, 0.15) is 39.5 Å². The Balaban J connectivity index is 1.46. The van der Waals surface area contributed by atoms with E-state index in [1.807, 2.05) is 0 Å². The lowest BCUT2D eigenvalue weighted by atomic mass is 9.90. The average molecular weight is 600 g/mol. The number of para-hydroxylation sites is 1. The number of fused-ring (bicyclic) bond motifs is 3. The van der Waals surface area contributed by atoms with Crippen molar-refractivity contribution in [1.82, 2.24) is 4.57 Å². The fourth-order valence-corrected chi connectivity index (χ4v) is 6.71. The topological polar surface area (TPSA) is 23.4 Å². The molecule has 0 unspecified atom stereocenters. The minimum absolute atomic E-state index is 0.455. The van der Waals surface area contributed by atoms with Gasteiger partial charge in [0.15, 0.2) is 6.29 Å². The summed E-state index contributed by atoms with van der Waals surface area (Å²) in [6, 6.07) is 52.1. The van der Waals surface area contributed by atoms with Crippen LogP contribution < -0.4 is 0 Å². The van der Waals surface area contributed by atoms with Crippen LogP contribution in [0.4, 0.5) is 0 Å². The van der Waals surface area contributed by atoms with Crippen molar-refractivity contribution in [2.45, 2.75) is 45.2 Å². The van der Waals surface area contributed by atoms with Crippen LogP contribution in [-0.2, 0) is 9.47 Å². The standard InChI is InChI=1S/C43H37NO2/c1-42(2)43(3,4)46-41(45-42)36-22-14-21-35-38-28-33(30-17-10-6-11-18-30)27-37(32-19-12-7-13-20-32)40(38)44(39(35)36)34-25-23-31(24-26-34)29-15-8-5-9-16-29/h5-28,41H,1-4H3. The minimum atomic E-state index is -0.505. The van der Waals surface area contributed by atoms with Gasteiger partial charge < -0.3 is 14.0 Å². The third-order valence-corrected chi connectivity index (χ3v) is 9.85. The third kappa shape index (κ3) is 4.67. The van der Waals surface area contributed by atoms with E-state index in [1.54, 1.807) is 0 Å². The normalized spacial score (nSPS) is 15.9. The van der Waals surface area contributed by atoms with E-state index in [9.17, 15) is 0 Å². The SMILES string of the molecule is CC1(C)OC(c2cccc3c4cc(-c5ccccc5)cc(-c5ccccc5)c4n(-c4ccc(-c5ccccc5)cc4)c23)OC1(C)C.